The summed E-state index contributed by atoms with van der Waals surface area (Å²) in [6.45, 7) is 1.32. The second kappa shape index (κ2) is 5.35. The van der Waals surface area contributed by atoms with Gasteiger partial charge in [0.2, 0.25) is 15.9 Å². The van der Waals surface area contributed by atoms with Gasteiger partial charge in [-0.25, -0.2) is 8.42 Å². The number of benzene rings is 1. The molecular weight excluding hydrogens is 278 g/mol. The van der Waals surface area contributed by atoms with Crippen LogP contribution in [0.3, 0.4) is 0 Å². The van der Waals surface area contributed by atoms with Gasteiger partial charge in [-0.15, -0.1) is 0 Å². The SMILES string of the molecule is C[C@H](NS(=O)(=O)c1ccc(Cl)c(C#N)c1)C(N)=O. The highest BCUT2D eigenvalue weighted by molar-refractivity contribution is 7.89. The third-order valence-electron chi connectivity index (χ3n) is 2.13. The van der Waals surface area contributed by atoms with Crippen LogP contribution in [0.1, 0.15) is 12.5 Å². The van der Waals surface area contributed by atoms with Crippen LogP contribution in [-0.4, -0.2) is 20.4 Å². The zero-order valence-electron chi connectivity index (χ0n) is 9.34. The molecule has 0 fully saturated rings. The van der Waals surface area contributed by atoms with Crippen molar-refractivity contribution < 1.29 is 13.2 Å². The van der Waals surface area contributed by atoms with E-state index in [-0.39, 0.29) is 15.5 Å². The molecule has 1 amide bonds. The molecule has 1 aromatic rings. The molecule has 0 aliphatic rings. The smallest absolute Gasteiger partial charge is 0.241 e. The van der Waals surface area contributed by atoms with E-state index >= 15 is 0 Å². The molecule has 0 bridgehead atoms. The van der Waals surface area contributed by atoms with Crippen LogP contribution in [0.2, 0.25) is 5.02 Å². The fourth-order valence-electron chi connectivity index (χ4n) is 1.12. The van der Waals surface area contributed by atoms with Gasteiger partial charge in [-0.3, -0.25) is 4.79 Å². The number of primary amides is 1. The van der Waals surface area contributed by atoms with E-state index in [2.05, 4.69) is 4.72 Å². The van der Waals surface area contributed by atoms with E-state index in [0.717, 1.165) is 6.07 Å². The second-order valence-corrected chi connectivity index (χ2v) is 5.62. The lowest BCUT2D eigenvalue weighted by Crippen LogP contribution is -2.42. The highest BCUT2D eigenvalue weighted by Crippen LogP contribution is 2.19. The molecule has 96 valence electrons. The van der Waals surface area contributed by atoms with Gasteiger partial charge < -0.3 is 5.73 Å². The van der Waals surface area contributed by atoms with Gasteiger partial charge in [0.05, 0.1) is 21.5 Å². The number of nitrogens with zero attached hydrogens (tertiary/aromatic N) is 1. The molecule has 18 heavy (non-hydrogen) atoms. The van der Waals surface area contributed by atoms with Crippen LogP contribution in [0.4, 0.5) is 0 Å². The summed E-state index contributed by atoms with van der Waals surface area (Å²) < 4.78 is 25.8. The van der Waals surface area contributed by atoms with Crippen LogP contribution < -0.4 is 10.5 Å². The third kappa shape index (κ3) is 3.20. The normalized spacial score (nSPS) is 12.7. The molecule has 6 nitrogen and oxygen atoms in total. The van der Waals surface area contributed by atoms with Gasteiger partial charge in [0.1, 0.15) is 6.07 Å². The fourth-order valence-corrected chi connectivity index (χ4v) is 2.51. The molecule has 0 aliphatic heterocycles. The molecule has 1 aromatic carbocycles. The highest BCUT2D eigenvalue weighted by Gasteiger charge is 2.21. The van der Waals surface area contributed by atoms with Gasteiger partial charge >= 0.3 is 0 Å². The van der Waals surface area contributed by atoms with Gasteiger partial charge in [0, 0.05) is 0 Å². The molecule has 3 N–H and O–H groups in total. The van der Waals surface area contributed by atoms with Crippen molar-refractivity contribution in [3.05, 3.63) is 28.8 Å². The van der Waals surface area contributed by atoms with Crippen LogP contribution in [0.15, 0.2) is 23.1 Å². The predicted molar refractivity (Wildman–Crippen MR) is 65.1 cm³/mol. The fraction of sp³-hybridized carbons (Fsp3) is 0.200. The number of sulfonamides is 1. The summed E-state index contributed by atoms with van der Waals surface area (Å²) in [5.74, 6) is -0.798. The zero-order chi connectivity index (χ0) is 13.9. The molecule has 0 saturated heterocycles. The highest BCUT2D eigenvalue weighted by atomic mass is 35.5. The van der Waals surface area contributed by atoms with Crippen molar-refractivity contribution in [2.75, 3.05) is 0 Å². The lowest BCUT2D eigenvalue weighted by atomic mass is 10.2. The maximum atomic E-state index is 11.9. The standard InChI is InChI=1S/C10H10ClN3O3S/c1-6(10(13)15)14-18(16,17)8-2-3-9(11)7(4-8)5-12/h2-4,6,14H,1H3,(H2,13,15)/t6-/m0/s1. The maximum Gasteiger partial charge on any atom is 0.241 e. The molecule has 0 radical (unpaired) electrons. The number of rotatable bonds is 4. The Morgan fingerprint density at radius 2 is 2.17 bits per heavy atom. The predicted octanol–water partition coefficient (Wildman–Crippen LogP) is 0.364. The number of hydrogen-bond acceptors (Lipinski definition) is 4. The minimum atomic E-state index is -3.91. The van der Waals surface area contributed by atoms with Gasteiger partial charge in [-0.2, -0.15) is 9.98 Å². The van der Waals surface area contributed by atoms with Crippen molar-refractivity contribution in [3.63, 3.8) is 0 Å². The summed E-state index contributed by atoms with van der Waals surface area (Å²) in [6.07, 6.45) is 0. The second-order valence-electron chi connectivity index (χ2n) is 3.50. The largest absolute Gasteiger partial charge is 0.368 e. The van der Waals surface area contributed by atoms with E-state index in [1.807, 2.05) is 0 Å². The van der Waals surface area contributed by atoms with E-state index in [1.165, 1.54) is 19.1 Å². The van der Waals surface area contributed by atoms with Crippen LogP contribution in [0.25, 0.3) is 0 Å². The van der Waals surface area contributed by atoms with E-state index in [9.17, 15) is 13.2 Å². The Kier molecular flexibility index (Phi) is 4.29. The third-order valence-corrected chi connectivity index (χ3v) is 4.00. The minimum Gasteiger partial charge on any atom is -0.368 e. The average Bonchev–Trinajstić information content (AvgIpc) is 2.28. The summed E-state index contributed by atoms with van der Waals surface area (Å²) >= 11 is 5.69. The Labute approximate surface area is 109 Å². The number of carbonyl (C=O) groups is 1. The lowest BCUT2D eigenvalue weighted by molar-refractivity contribution is -0.119. The molecule has 0 aromatic heterocycles. The Bertz CT molecular complexity index is 622. The number of nitrogens with one attached hydrogen (secondary N) is 1. The lowest BCUT2D eigenvalue weighted by Gasteiger charge is -2.11. The number of hydrogen-bond donors (Lipinski definition) is 2. The molecule has 0 spiro atoms. The van der Waals surface area contributed by atoms with Crippen molar-refractivity contribution in [2.45, 2.75) is 17.9 Å². The van der Waals surface area contributed by atoms with Crippen LogP contribution >= 0.6 is 11.6 Å². The maximum absolute atomic E-state index is 11.9. The van der Waals surface area contributed by atoms with Crippen molar-refractivity contribution in [2.24, 2.45) is 5.73 Å². The summed E-state index contributed by atoms with van der Waals surface area (Å²) in [5.41, 5.74) is 5.00. The number of nitrogens with two attached hydrogens (primary N) is 1. The van der Waals surface area contributed by atoms with E-state index in [1.54, 1.807) is 6.07 Å². The summed E-state index contributed by atoms with van der Waals surface area (Å²) in [4.78, 5) is 10.7. The first kappa shape index (κ1) is 14.4. The first-order valence-electron chi connectivity index (χ1n) is 4.79. The van der Waals surface area contributed by atoms with E-state index in [4.69, 9.17) is 22.6 Å². The molecule has 1 atom stereocenters. The van der Waals surface area contributed by atoms with Crippen LogP contribution in [-0.2, 0) is 14.8 Å². The van der Waals surface area contributed by atoms with Gasteiger partial charge in [-0.1, -0.05) is 11.6 Å². The zero-order valence-corrected chi connectivity index (χ0v) is 10.9. The van der Waals surface area contributed by atoms with Crippen molar-refractivity contribution in [3.8, 4) is 6.07 Å². The molecule has 0 aliphatic carbocycles. The number of amides is 1. The van der Waals surface area contributed by atoms with Gasteiger partial charge in [0.25, 0.3) is 0 Å². The van der Waals surface area contributed by atoms with Crippen molar-refractivity contribution in [1.82, 2.24) is 4.72 Å². The Morgan fingerprint density at radius 1 is 1.56 bits per heavy atom. The first-order chi connectivity index (χ1) is 8.27. The van der Waals surface area contributed by atoms with Crippen molar-refractivity contribution in [1.29, 1.82) is 5.26 Å². The van der Waals surface area contributed by atoms with Gasteiger partial charge in [0.15, 0.2) is 0 Å². The summed E-state index contributed by atoms with van der Waals surface area (Å²) in [7, 11) is -3.91. The molecule has 8 heteroatoms. The summed E-state index contributed by atoms with van der Waals surface area (Å²) in [5, 5.41) is 8.91. The van der Waals surface area contributed by atoms with Crippen LogP contribution in [0, 0.1) is 11.3 Å². The minimum absolute atomic E-state index is 0.0336. The number of halogens is 1. The monoisotopic (exact) mass is 287 g/mol. The van der Waals surface area contributed by atoms with Crippen molar-refractivity contribution >= 4 is 27.5 Å². The molecule has 1 rings (SSSR count). The molecule has 0 heterocycles. The Hall–Kier alpha value is -1.62. The first-order valence-corrected chi connectivity index (χ1v) is 6.65. The Balaban J connectivity index is 3.14. The quantitative estimate of drug-likeness (QED) is 0.832. The number of nitriles is 1. The molecule has 0 unspecified atom stereocenters. The average molecular weight is 288 g/mol. The summed E-state index contributed by atoms with van der Waals surface area (Å²) in [6, 6.07) is 4.38. The van der Waals surface area contributed by atoms with Gasteiger partial charge in [-0.05, 0) is 25.1 Å². The number of carbonyl (C=O) groups excluding carboxylic acids is 1. The molecular formula is C10H10ClN3O3S. The topological polar surface area (TPSA) is 113 Å². The molecule has 0 saturated carbocycles. The van der Waals surface area contributed by atoms with Crippen LogP contribution in [0.5, 0.6) is 0 Å². The van der Waals surface area contributed by atoms with E-state index < -0.39 is 22.0 Å². The Morgan fingerprint density at radius 3 is 2.67 bits per heavy atom. The van der Waals surface area contributed by atoms with E-state index in [0.29, 0.717) is 0 Å².